The number of amides is 2. The van der Waals surface area contributed by atoms with Gasteiger partial charge in [0.2, 0.25) is 11.8 Å². The number of halogens is 1. The lowest BCUT2D eigenvalue weighted by Gasteiger charge is -2.42. The normalized spacial score (nSPS) is 22.4. The number of nitrogens with one attached hydrogen (secondary N) is 2. The summed E-state index contributed by atoms with van der Waals surface area (Å²) in [7, 11) is 0. The minimum absolute atomic E-state index is 0.0716. The third-order valence-electron chi connectivity index (χ3n) is 8.82. The molecule has 1 saturated heterocycles. The van der Waals surface area contributed by atoms with E-state index in [2.05, 4.69) is 20.5 Å². The summed E-state index contributed by atoms with van der Waals surface area (Å²) in [5, 5.41) is 28.1. The molecule has 0 spiro atoms. The van der Waals surface area contributed by atoms with Crippen molar-refractivity contribution in [1.82, 2.24) is 25.4 Å². The van der Waals surface area contributed by atoms with Crippen LogP contribution in [-0.2, 0) is 29.0 Å². The highest BCUT2D eigenvalue weighted by atomic mass is 19.1. The summed E-state index contributed by atoms with van der Waals surface area (Å²) in [6.07, 6.45) is -0.292. The molecule has 10 heteroatoms. The molecule has 2 aliphatic rings. The zero-order valence-corrected chi connectivity index (χ0v) is 26.8. The van der Waals surface area contributed by atoms with Gasteiger partial charge < -0.3 is 20.8 Å². The van der Waals surface area contributed by atoms with E-state index in [9.17, 15) is 19.8 Å². The number of pyridine rings is 1. The van der Waals surface area contributed by atoms with Gasteiger partial charge in [-0.15, -0.1) is 0 Å². The summed E-state index contributed by atoms with van der Waals surface area (Å²) in [5.74, 6) is -1.98. The topological polar surface area (TPSA) is 118 Å². The van der Waals surface area contributed by atoms with Crippen LogP contribution in [0.2, 0.25) is 0 Å². The first-order valence-corrected chi connectivity index (χ1v) is 16.1. The molecule has 5 rings (SSSR count). The van der Waals surface area contributed by atoms with Crippen LogP contribution in [0.4, 0.5) is 4.39 Å². The lowest BCUT2D eigenvalue weighted by Crippen LogP contribution is -2.62. The molecule has 4 N–H and O–H groups in total. The van der Waals surface area contributed by atoms with Crippen molar-refractivity contribution in [2.45, 2.75) is 76.2 Å². The second-order valence-corrected chi connectivity index (χ2v) is 13.6. The maximum Gasteiger partial charge on any atom is 0.239 e. The SMILES string of the molecule is CC(C)(C)NC(=O)[C@@H]1CN(Cc2cccnc2)CCN1C[C@@H](O)[C@H](F)[C@H](Cc1ccccc1)C(=O)N[C@H]1c2ccccc2C[C@H]1O. The van der Waals surface area contributed by atoms with Gasteiger partial charge in [0.25, 0.3) is 0 Å². The number of carbonyl (C=O) groups is 2. The Labute approximate surface area is 270 Å². The molecule has 2 aromatic carbocycles. The molecular weight excluding hydrogens is 585 g/mol. The van der Waals surface area contributed by atoms with Gasteiger partial charge in [0.15, 0.2) is 0 Å². The Morgan fingerprint density at radius 3 is 2.46 bits per heavy atom. The molecule has 1 aromatic heterocycles. The van der Waals surface area contributed by atoms with Crippen molar-refractivity contribution in [2.75, 3.05) is 26.2 Å². The van der Waals surface area contributed by atoms with E-state index in [-0.39, 0.29) is 18.9 Å². The van der Waals surface area contributed by atoms with Crippen LogP contribution < -0.4 is 10.6 Å². The number of piperazine rings is 1. The van der Waals surface area contributed by atoms with E-state index in [0.29, 0.717) is 32.6 Å². The van der Waals surface area contributed by atoms with Gasteiger partial charge in [0.1, 0.15) is 12.2 Å². The standard InChI is InChI=1S/C36H46FN5O4/c1-36(2,3)40-35(46)29-22-41(21-25-12-9-15-38-20-25)16-17-42(29)23-31(44)32(37)28(18-24-10-5-4-6-11-24)34(45)39-33-27-14-8-7-13-26(27)19-30(33)43/h4-15,20,28-33,43-44H,16-19,21-23H2,1-3H3,(H,39,45)(H,40,46)/t28-,29-,30+,31+,32+,33-/m0/s1. The molecule has 0 saturated carbocycles. The molecule has 0 radical (unpaired) electrons. The van der Waals surface area contributed by atoms with Crippen molar-refractivity contribution in [3.63, 3.8) is 0 Å². The summed E-state index contributed by atoms with van der Waals surface area (Å²) in [5.41, 5.74) is 3.07. The lowest BCUT2D eigenvalue weighted by molar-refractivity contribution is -0.135. The minimum atomic E-state index is -1.92. The van der Waals surface area contributed by atoms with Crippen LogP contribution >= 0.6 is 0 Å². The maximum atomic E-state index is 16.5. The Morgan fingerprint density at radius 2 is 1.74 bits per heavy atom. The first-order valence-electron chi connectivity index (χ1n) is 16.1. The monoisotopic (exact) mass is 631 g/mol. The fourth-order valence-corrected chi connectivity index (χ4v) is 6.53. The smallest absolute Gasteiger partial charge is 0.239 e. The third-order valence-corrected chi connectivity index (χ3v) is 8.82. The van der Waals surface area contributed by atoms with Crippen molar-refractivity contribution >= 4 is 11.8 Å². The fourth-order valence-electron chi connectivity index (χ4n) is 6.53. The van der Waals surface area contributed by atoms with Crippen LogP contribution in [0.5, 0.6) is 0 Å². The highest BCUT2D eigenvalue weighted by Crippen LogP contribution is 2.32. The Kier molecular flexibility index (Phi) is 10.8. The Bertz CT molecular complexity index is 1450. The largest absolute Gasteiger partial charge is 0.390 e. The second kappa shape index (κ2) is 14.8. The molecule has 0 bridgehead atoms. The van der Waals surface area contributed by atoms with E-state index >= 15 is 4.39 Å². The van der Waals surface area contributed by atoms with Gasteiger partial charge >= 0.3 is 0 Å². The molecular formula is C36H46FN5O4. The highest BCUT2D eigenvalue weighted by molar-refractivity contribution is 5.83. The number of nitrogens with zero attached hydrogens (tertiary/aromatic N) is 3. The number of carbonyl (C=O) groups excluding carboxylic acids is 2. The molecule has 6 atom stereocenters. The first kappa shape index (κ1) is 33.7. The number of β-amino-alcohol motifs (C(OH)–C–C–N with tert-alkyl or cyclic N) is 1. The minimum Gasteiger partial charge on any atom is -0.390 e. The molecule has 0 unspecified atom stereocenters. The van der Waals surface area contributed by atoms with Crippen LogP contribution in [0.15, 0.2) is 79.1 Å². The van der Waals surface area contributed by atoms with Crippen LogP contribution in [0.1, 0.15) is 49.1 Å². The molecule has 1 aliphatic heterocycles. The molecule has 46 heavy (non-hydrogen) atoms. The van der Waals surface area contributed by atoms with Crippen LogP contribution in [0.3, 0.4) is 0 Å². The maximum absolute atomic E-state index is 16.5. The Hall–Kier alpha value is -3.70. The van der Waals surface area contributed by atoms with E-state index in [1.807, 2.05) is 92.4 Å². The molecule has 2 amide bonds. The van der Waals surface area contributed by atoms with Gasteiger partial charge in [-0.1, -0.05) is 60.7 Å². The van der Waals surface area contributed by atoms with Gasteiger partial charge in [0, 0.05) is 57.1 Å². The number of rotatable bonds is 11. The number of aromatic nitrogens is 1. The Balaban J connectivity index is 1.32. The summed E-state index contributed by atoms with van der Waals surface area (Å²) < 4.78 is 16.5. The number of aliphatic hydroxyl groups excluding tert-OH is 2. The molecule has 3 aromatic rings. The van der Waals surface area contributed by atoms with Gasteiger partial charge in [-0.3, -0.25) is 24.4 Å². The first-order chi connectivity index (χ1) is 22.0. The van der Waals surface area contributed by atoms with E-state index in [0.717, 1.165) is 22.3 Å². The van der Waals surface area contributed by atoms with Crippen molar-refractivity contribution < 1.29 is 24.2 Å². The quantitative estimate of drug-likeness (QED) is 0.257. The van der Waals surface area contributed by atoms with Crippen molar-refractivity contribution in [3.05, 3.63) is 101 Å². The number of alkyl halides is 1. The van der Waals surface area contributed by atoms with Gasteiger partial charge in [-0.25, -0.2) is 4.39 Å². The Morgan fingerprint density at radius 1 is 1.02 bits per heavy atom. The third kappa shape index (κ3) is 8.55. The zero-order valence-electron chi connectivity index (χ0n) is 26.8. The van der Waals surface area contributed by atoms with E-state index < -0.39 is 47.8 Å². The van der Waals surface area contributed by atoms with Crippen molar-refractivity contribution in [3.8, 4) is 0 Å². The predicted molar refractivity (Wildman–Crippen MR) is 174 cm³/mol. The van der Waals surface area contributed by atoms with E-state index in [4.69, 9.17) is 0 Å². The number of aliphatic hydroxyl groups is 2. The fraction of sp³-hybridized carbons (Fsp3) is 0.472. The number of hydrogen-bond acceptors (Lipinski definition) is 7. The number of benzene rings is 2. The average Bonchev–Trinajstić information content (AvgIpc) is 3.34. The van der Waals surface area contributed by atoms with E-state index in [1.165, 1.54) is 0 Å². The highest BCUT2D eigenvalue weighted by Gasteiger charge is 2.41. The van der Waals surface area contributed by atoms with Crippen molar-refractivity contribution in [2.24, 2.45) is 5.92 Å². The number of hydrogen-bond donors (Lipinski definition) is 4. The van der Waals surface area contributed by atoms with Gasteiger partial charge in [-0.2, -0.15) is 0 Å². The van der Waals surface area contributed by atoms with E-state index in [1.54, 1.807) is 12.4 Å². The molecule has 1 aliphatic carbocycles. The second-order valence-electron chi connectivity index (χ2n) is 13.6. The van der Waals surface area contributed by atoms with Crippen molar-refractivity contribution in [1.29, 1.82) is 0 Å². The van der Waals surface area contributed by atoms with Crippen LogP contribution in [0.25, 0.3) is 0 Å². The predicted octanol–water partition coefficient (Wildman–Crippen LogP) is 2.81. The van der Waals surface area contributed by atoms with Gasteiger partial charge in [-0.05, 0) is 55.5 Å². The zero-order chi connectivity index (χ0) is 32.8. The summed E-state index contributed by atoms with van der Waals surface area (Å²) in [6.45, 7) is 7.67. The van der Waals surface area contributed by atoms with Crippen LogP contribution in [-0.4, -0.2) is 93.0 Å². The number of fused-ring (bicyclic) bond motifs is 1. The molecule has 246 valence electrons. The average molecular weight is 632 g/mol. The summed E-state index contributed by atoms with van der Waals surface area (Å²) in [6, 6.07) is 19.2. The summed E-state index contributed by atoms with van der Waals surface area (Å²) >= 11 is 0. The molecule has 9 nitrogen and oxygen atoms in total. The van der Waals surface area contributed by atoms with Gasteiger partial charge in [0.05, 0.1) is 24.2 Å². The molecule has 2 heterocycles. The van der Waals surface area contributed by atoms with Crippen LogP contribution in [0, 0.1) is 5.92 Å². The molecule has 1 fully saturated rings. The summed E-state index contributed by atoms with van der Waals surface area (Å²) in [4.78, 5) is 35.5. The lowest BCUT2D eigenvalue weighted by atomic mass is 9.90.